The molecule has 0 aliphatic carbocycles. The topological polar surface area (TPSA) is 49.4 Å². The van der Waals surface area contributed by atoms with E-state index in [0.29, 0.717) is 10.5 Å². The van der Waals surface area contributed by atoms with Gasteiger partial charge in [0.25, 0.3) is 5.91 Å². The van der Waals surface area contributed by atoms with Gasteiger partial charge in [0.1, 0.15) is 5.54 Å². The Morgan fingerprint density at radius 1 is 0.889 bits per heavy atom. The highest BCUT2D eigenvalue weighted by molar-refractivity contribution is 6.07. The van der Waals surface area contributed by atoms with Crippen molar-refractivity contribution in [3.63, 3.8) is 0 Å². The number of amides is 3. The van der Waals surface area contributed by atoms with Crippen molar-refractivity contribution in [1.82, 2.24) is 10.2 Å². The molecule has 2 aromatic carbocycles. The summed E-state index contributed by atoms with van der Waals surface area (Å²) < 4.78 is 67.8. The third-order valence-corrected chi connectivity index (χ3v) is 4.59. The minimum Gasteiger partial charge on any atom is -0.319 e. The Morgan fingerprint density at radius 3 is 1.93 bits per heavy atom. The smallest absolute Gasteiger partial charge is 0.319 e. The van der Waals surface area contributed by atoms with E-state index in [2.05, 4.69) is 5.32 Å². The third-order valence-electron chi connectivity index (χ3n) is 4.59. The van der Waals surface area contributed by atoms with Gasteiger partial charge in [0.2, 0.25) is 5.82 Å². The largest absolute Gasteiger partial charge is 0.325 e. The van der Waals surface area contributed by atoms with E-state index < -0.39 is 58.7 Å². The molecule has 1 aliphatic heterocycles. The van der Waals surface area contributed by atoms with Crippen LogP contribution in [0.4, 0.5) is 26.7 Å². The number of urea groups is 1. The molecule has 1 atom stereocenters. The average molecular weight is 384 g/mol. The maximum absolute atomic E-state index is 13.9. The van der Waals surface area contributed by atoms with Gasteiger partial charge in [0.15, 0.2) is 23.3 Å². The predicted molar refractivity (Wildman–Crippen MR) is 83.7 cm³/mol. The molecule has 4 nitrogen and oxygen atoms in total. The number of imide groups is 1. The molecule has 3 rings (SSSR count). The van der Waals surface area contributed by atoms with Crippen LogP contribution in [0.1, 0.15) is 24.5 Å². The number of carbonyl (C=O) groups is 2. The van der Waals surface area contributed by atoms with Gasteiger partial charge in [-0.3, -0.25) is 9.69 Å². The number of hydrogen-bond acceptors (Lipinski definition) is 2. The predicted octanol–water partition coefficient (Wildman–Crippen LogP) is 3.74. The summed E-state index contributed by atoms with van der Waals surface area (Å²) in [5, 5.41) is 2.46. The molecule has 1 saturated heterocycles. The van der Waals surface area contributed by atoms with Crippen LogP contribution in [-0.2, 0) is 16.9 Å². The van der Waals surface area contributed by atoms with Crippen LogP contribution in [0, 0.1) is 29.1 Å². The van der Waals surface area contributed by atoms with Crippen molar-refractivity contribution in [2.75, 3.05) is 0 Å². The standard InChI is InChI=1S/C18H13F5N2O2/c1-2-18(9-6-4-3-5-7-9)16(26)25(17(27)24-18)8-10-11(19)13(21)15(23)14(22)12(10)20/h3-7H,2,8H2,1H3,(H,24,27). The molecule has 1 N–H and O–H groups in total. The molecule has 1 aliphatic rings. The van der Waals surface area contributed by atoms with E-state index in [1.54, 1.807) is 37.3 Å². The second kappa shape index (κ2) is 6.64. The molecule has 3 amide bonds. The first-order valence-corrected chi connectivity index (χ1v) is 7.94. The summed E-state index contributed by atoms with van der Waals surface area (Å²) >= 11 is 0. The van der Waals surface area contributed by atoms with Gasteiger partial charge < -0.3 is 5.32 Å². The molecule has 9 heteroatoms. The first-order chi connectivity index (χ1) is 12.7. The zero-order valence-corrected chi connectivity index (χ0v) is 14.0. The van der Waals surface area contributed by atoms with Crippen molar-refractivity contribution in [2.24, 2.45) is 0 Å². The maximum Gasteiger partial charge on any atom is 0.325 e. The highest BCUT2D eigenvalue weighted by atomic mass is 19.2. The first kappa shape index (κ1) is 18.8. The van der Waals surface area contributed by atoms with Gasteiger partial charge in [-0.05, 0) is 12.0 Å². The summed E-state index contributed by atoms with van der Waals surface area (Å²) in [6.45, 7) is 0.526. The van der Waals surface area contributed by atoms with Crippen molar-refractivity contribution >= 4 is 11.9 Å². The van der Waals surface area contributed by atoms with Crippen molar-refractivity contribution in [2.45, 2.75) is 25.4 Å². The molecule has 1 fully saturated rings. The normalized spacial score (nSPS) is 19.6. The molecule has 142 valence electrons. The van der Waals surface area contributed by atoms with E-state index in [-0.39, 0.29) is 6.42 Å². The number of rotatable bonds is 4. The highest BCUT2D eigenvalue weighted by Crippen LogP contribution is 2.34. The number of nitrogens with zero attached hydrogens (tertiary/aromatic N) is 1. The summed E-state index contributed by atoms with van der Waals surface area (Å²) in [6, 6.07) is 7.15. The first-order valence-electron chi connectivity index (χ1n) is 7.94. The van der Waals surface area contributed by atoms with Crippen LogP contribution in [0.5, 0.6) is 0 Å². The number of benzene rings is 2. The molecule has 2 aromatic rings. The van der Waals surface area contributed by atoms with Gasteiger partial charge in [-0.25, -0.2) is 26.7 Å². The van der Waals surface area contributed by atoms with E-state index in [4.69, 9.17) is 0 Å². The average Bonchev–Trinajstić information content (AvgIpc) is 2.93. The van der Waals surface area contributed by atoms with Crippen LogP contribution in [-0.4, -0.2) is 16.8 Å². The van der Waals surface area contributed by atoms with E-state index in [9.17, 15) is 31.5 Å². The van der Waals surface area contributed by atoms with Gasteiger partial charge in [-0.2, -0.15) is 0 Å². The zero-order valence-electron chi connectivity index (χ0n) is 14.0. The zero-order chi connectivity index (χ0) is 19.9. The number of halogens is 5. The molecular formula is C18H13F5N2O2. The number of nitrogens with one attached hydrogen (secondary N) is 1. The van der Waals surface area contributed by atoms with Gasteiger partial charge >= 0.3 is 6.03 Å². The van der Waals surface area contributed by atoms with Crippen LogP contribution in [0.2, 0.25) is 0 Å². The minimum absolute atomic E-state index is 0.120. The molecule has 0 bridgehead atoms. The van der Waals surface area contributed by atoms with Crippen molar-refractivity contribution in [3.8, 4) is 0 Å². The van der Waals surface area contributed by atoms with E-state index >= 15 is 0 Å². The molecule has 0 aromatic heterocycles. The summed E-state index contributed by atoms with van der Waals surface area (Å²) in [4.78, 5) is 25.6. The fourth-order valence-corrected chi connectivity index (χ4v) is 3.08. The number of hydrogen-bond donors (Lipinski definition) is 1. The van der Waals surface area contributed by atoms with Crippen molar-refractivity contribution in [1.29, 1.82) is 0 Å². The Bertz CT molecular complexity index is 906. The molecule has 27 heavy (non-hydrogen) atoms. The van der Waals surface area contributed by atoms with Crippen LogP contribution < -0.4 is 5.32 Å². The third kappa shape index (κ3) is 2.73. The van der Waals surface area contributed by atoms with E-state index in [1.807, 2.05) is 0 Å². The summed E-state index contributed by atoms with van der Waals surface area (Å²) in [5.41, 5.74) is -2.30. The quantitative estimate of drug-likeness (QED) is 0.378. The molecular weight excluding hydrogens is 371 g/mol. The lowest BCUT2D eigenvalue weighted by atomic mass is 9.87. The molecule has 0 saturated carbocycles. The van der Waals surface area contributed by atoms with Crippen LogP contribution in [0.25, 0.3) is 0 Å². The van der Waals surface area contributed by atoms with Crippen molar-refractivity contribution in [3.05, 3.63) is 70.5 Å². The Kier molecular flexibility index (Phi) is 4.63. The SMILES string of the molecule is CCC1(c2ccccc2)NC(=O)N(Cc2c(F)c(F)c(F)c(F)c2F)C1=O. The van der Waals surface area contributed by atoms with Crippen LogP contribution in [0.15, 0.2) is 30.3 Å². The Morgan fingerprint density at radius 2 is 1.41 bits per heavy atom. The fourth-order valence-electron chi connectivity index (χ4n) is 3.08. The summed E-state index contributed by atoms with van der Waals surface area (Å²) in [6.07, 6.45) is 0.120. The second-order valence-electron chi connectivity index (χ2n) is 5.99. The maximum atomic E-state index is 13.9. The van der Waals surface area contributed by atoms with Gasteiger partial charge in [0.05, 0.1) is 6.54 Å². The second-order valence-corrected chi connectivity index (χ2v) is 5.99. The van der Waals surface area contributed by atoms with Gasteiger partial charge in [-0.15, -0.1) is 0 Å². The molecule has 1 heterocycles. The lowest BCUT2D eigenvalue weighted by molar-refractivity contribution is -0.132. The van der Waals surface area contributed by atoms with Gasteiger partial charge in [-0.1, -0.05) is 37.3 Å². The number of carbonyl (C=O) groups excluding carboxylic acids is 2. The lowest BCUT2D eigenvalue weighted by Gasteiger charge is -2.25. The van der Waals surface area contributed by atoms with E-state index in [0.717, 1.165) is 0 Å². The highest BCUT2D eigenvalue weighted by Gasteiger charge is 2.51. The molecule has 0 spiro atoms. The lowest BCUT2D eigenvalue weighted by Crippen LogP contribution is -2.43. The minimum atomic E-state index is -2.31. The van der Waals surface area contributed by atoms with Gasteiger partial charge in [0, 0.05) is 5.56 Å². The van der Waals surface area contributed by atoms with Crippen LogP contribution >= 0.6 is 0 Å². The fraction of sp³-hybridized carbons (Fsp3) is 0.222. The monoisotopic (exact) mass is 384 g/mol. The Labute approximate surface area is 150 Å². The van der Waals surface area contributed by atoms with Crippen LogP contribution in [0.3, 0.4) is 0 Å². The van der Waals surface area contributed by atoms with Crippen molar-refractivity contribution < 1.29 is 31.5 Å². The van der Waals surface area contributed by atoms with E-state index in [1.165, 1.54) is 0 Å². The Balaban J connectivity index is 2.03. The summed E-state index contributed by atoms with van der Waals surface area (Å²) in [5.74, 6) is -11.6. The molecule has 0 radical (unpaired) electrons. The Hall–Kier alpha value is -2.97. The molecule has 1 unspecified atom stereocenters. The summed E-state index contributed by atoms with van der Waals surface area (Å²) in [7, 11) is 0.